The van der Waals surface area contributed by atoms with Crippen molar-refractivity contribution in [2.45, 2.75) is 0 Å². The van der Waals surface area contributed by atoms with Gasteiger partial charge >= 0.3 is 0 Å². The average Bonchev–Trinajstić information content (AvgIpc) is 3.33. The van der Waals surface area contributed by atoms with Crippen LogP contribution in [0.4, 0.5) is 4.39 Å². The minimum atomic E-state index is -1.07. The molecule has 1 atom stereocenters. The van der Waals surface area contributed by atoms with Crippen molar-refractivity contribution in [3.8, 4) is 28.5 Å². The molecule has 1 saturated heterocycles. The van der Waals surface area contributed by atoms with Gasteiger partial charge in [0, 0.05) is 39.2 Å². The zero-order valence-electron chi connectivity index (χ0n) is 15.0. The Bertz CT molecular complexity index is 1160. The summed E-state index contributed by atoms with van der Waals surface area (Å²) >= 11 is 6.01. The maximum absolute atomic E-state index is 14.0. The fourth-order valence-electron chi connectivity index (χ4n) is 3.20. The van der Waals surface area contributed by atoms with Crippen LogP contribution in [0.3, 0.4) is 0 Å². The van der Waals surface area contributed by atoms with Crippen molar-refractivity contribution in [2.75, 3.05) is 18.2 Å². The molecule has 0 bridgehead atoms. The van der Waals surface area contributed by atoms with Crippen LogP contribution in [0.15, 0.2) is 52.9 Å². The van der Waals surface area contributed by atoms with Crippen LogP contribution in [-0.2, 0) is 10.8 Å². The third kappa shape index (κ3) is 3.95. The van der Waals surface area contributed by atoms with E-state index in [0.29, 0.717) is 40.3 Å². The number of hydrogen-bond donors (Lipinski definition) is 0. The van der Waals surface area contributed by atoms with Crippen molar-refractivity contribution >= 4 is 28.3 Å². The van der Waals surface area contributed by atoms with Gasteiger partial charge in [-0.1, -0.05) is 23.7 Å². The molecule has 1 aliphatic heterocycles. The highest BCUT2D eigenvalue weighted by atomic mass is 35.5. The maximum atomic E-state index is 14.0. The van der Waals surface area contributed by atoms with Gasteiger partial charge in [0.2, 0.25) is 0 Å². The Balaban J connectivity index is 1.85. The van der Waals surface area contributed by atoms with E-state index in [0.717, 1.165) is 0 Å². The fourth-order valence-corrected chi connectivity index (χ4v) is 4.56. The fraction of sp³-hybridized carbons (Fsp3) is 0.143. The Hall–Kier alpha value is -2.95. The number of hydrogen-bond acceptors (Lipinski definition) is 4. The lowest BCUT2D eigenvalue weighted by Gasteiger charge is -2.11. The summed E-state index contributed by atoms with van der Waals surface area (Å²) in [5.74, 6) is 0.0510. The largest absolute Gasteiger partial charge is 0.450 e. The second-order valence-corrected chi connectivity index (χ2v) is 8.53. The molecule has 29 heavy (non-hydrogen) atoms. The Kier molecular flexibility index (Phi) is 5.22. The van der Waals surface area contributed by atoms with E-state index in [-0.39, 0.29) is 22.6 Å². The van der Waals surface area contributed by atoms with Crippen LogP contribution in [0.1, 0.15) is 16.1 Å². The molecule has 146 valence electrons. The van der Waals surface area contributed by atoms with E-state index in [1.54, 1.807) is 30.3 Å². The molecule has 4 rings (SSSR count). The molecule has 1 unspecified atom stereocenters. The lowest BCUT2D eigenvalue weighted by molar-refractivity contribution is 0.0771. The number of nitriles is 1. The maximum Gasteiger partial charge on any atom is 0.290 e. The van der Waals surface area contributed by atoms with Gasteiger partial charge in [0.05, 0.1) is 17.5 Å². The first-order chi connectivity index (χ1) is 13.9. The van der Waals surface area contributed by atoms with Crippen LogP contribution in [-0.4, -0.2) is 33.2 Å². The number of rotatable bonds is 3. The number of carbonyl (C=O) groups is 1. The second-order valence-electron chi connectivity index (χ2n) is 6.55. The van der Waals surface area contributed by atoms with Gasteiger partial charge in [-0.15, -0.1) is 0 Å². The molecule has 0 spiro atoms. The highest BCUT2D eigenvalue weighted by molar-refractivity contribution is 7.85. The molecule has 2 heterocycles. The Labute approximate surface area is 173 Å². The molecular weight excluding hydrogens is 415 g/mol. The smallest absolute Gasteiger partial charge is 0.290 e. The van der Waals surface area contributed by atoms with Crippen LogP contribution in [0.25, 0.3) is 22.5 Å². The van der Waals surface area contributed by atoms with Gasteiger partial charge < -0.3 is 9.32 Å². The standard InChI is InChI=1S/C21H14ClFN2O3S/c22-16-7-15(8-17(23)9-16)18-10-19(21(26)25-4-5-29(27)12-25)28-20(18)14-3-1-2-13(6-14)11-24/h1-3,6-10H,4-5,12H2. The van der Waals surface area contributed by atoms with Crippen LogP contribution in [0.2, 0.25) is 5.02 Å². The van der Waals surface area contributed by atoms with Gasteiger partial charge in [0.1, 0.15) is 11.6 Å². The van der Waals surface area contributed by atoms with Gasteiger partial charge in [-0.2, -0.15) is 5.26 Å². The second kappa shape index (κ2) is 7.82. The first-order valence-electron chi connectivity index (χ1n) is 8.69. The Morgan fingerprint density at radius 2 is 2.03 bits per heavy atom. The summed E-state index contributed by atoms with van der Waals surface area (Å²) in [6, 6.07) is 14.4. The summed E-state index contributed by atoms with van der Waals surface area (Å²) in [5.41, 5.74) is 1.92. The van der Waals surface area contributed by atoms with Crippen molar-refractivity contribution in [3.63, 3.8) is 0 Å². The van der Waals surface area contributed by atoms with Crippen LogP contribution in [0.5, 0.6) is 0 Å². The van der Waals surface area contributed by atoms with E-state index in [2.05, 4.69) is 6.07 Å². The molecule has 1 fully saturated rings. The number of furan rings is 1. The van der Waals surface area contributed by atoms with E-state index < -0.39 is 16.6 Å². The molecule has 8 heteroatoms. The number of carbonyl (C=O) groups excluding carboxylic acids is 1. The number of halogens is 2. The van der Waals surface area contributed by atoms with Crippen LogP contribution >= 0.6 is 11.6 Å². The molecule has 0 N–H and O–H groups in total. The third-order valence-electron chi connectivity index (χ3n) is 4.55. The first kappa shape index (κ1) is 19.4. The van der Waals surface area contributed by atoms with Crippen LogP contribution < -0.4 is 0 Å². The minimum absolute atomic E-state index is 0.0524. The summed E-state index contributed by atoms with van der Waals surface area (Å²) in [6.07, 6.45) is 0. The molecule has 2 aromatic carbocycles. The molecule has 1 amide bonds. The zero-order chi connectivity index (χ0) is 20.5. The lowest BCUT2D eigenvalue weighted by atomic mass is 10.0. The van der Waals surface area contributed by atoms with E-state index >= 15 is 0 Å². The number of nitrogens with zero attached hydrogens (tertiary/aromatic N) is 2. The van der Waals surface area contributed by atoms with Crippen molar-refractivity contribution in [3.05, 3.63) is 70.7 Å². The zero-order valence-corrected chi connectivity index (χ0v) is 16.6. The van der Waals surface area contributed by atoms with Crippen molar-refractivity contribution in [2.24, 2.45) is 0 Å². The Morgan fingerprint density at radius 3 is 2.72 bits per heavy atom. The highest BCUT2D eigenvalue weighted by Gasteiger charge is 2.28. The average molecular weight is 429 g/mol. The molecule has 3 aromatic rings. The minimum Gasteiger partial charge on any atom is -0.450 e. The van der Waals surface area contributed by atoms with E-state index in [1.807, 2.05) is 0 Å². The Morgan fingerprint density at radius 1 is 1.21 bits per heavy atom. The van der Waals surface area contributed by atoms with Gasteiger partial charge in [-0.25, -0.2) is 4.39 Å². The van der Waals surface area contributed by atoms with Gasteiger partial charge in [-0.05, 0) is 42.0 Å². The van der Waals surface area contributed by atoms with Crippen molar-refractivity contribution < 1.29 is 17.8 Å². The van der Waals surface area contributed by atoms with Gasteiger partial charge in [-0.3, -0.25) is 9.00 Å². The number of amides is 1. The van der Waals surface area contributed by atoms with Crippen molar-refractivity contribution in [1.29, 1.82) is 5.26 Å². The summed E-state index contributed by atoms with van der Waals surface area (Å²) in [7, 11) is -1.07. The van der Waals surface area contributed by atoms with Crippen molar-refractivity contribution in [1.82, 2.24) is 4.90 Å². The quantitative estimate of drug-likeness (QED) is 0.618. The molecule has 5 nitrogen and oxygen atoms in total. The first-order valence-corrected chi connectivity index (χ1v) is 10.6. The predicted molar refractivity (Wildman–Crippen MR) is 108 cm³/mol. The van der Waals surface area contributed by atoms with Crippen LogP contribution in [0, 0.1) is 17.1 Å². The molecule has 0 saturated carbocycles. The van der Waals surface area contributed by atoms with Gasteiger partial charge in [0.25, 0.3) is 5.91 Å². The summed E-state index contributed by atoms with van der Waals surface area (Å²) in [4.78, 5) is 14.3. The van der Waals surface area contributed by atoms with E-state index in [1.165, 1.54) is 23.1 Å². The summed E-state index contributed by atoms with van der Waals surface area (Å²) in [5, 5.41) is 9.40. The third-order valence-corrected chi connectivity index (χ3v) is 6.00. The molecule has 0 radical (unpaired) electrons. The normalized spacial score (nSPS) is 16.0. The summed E-state index contributed by atoms with van der Waals surface area (Å²) < 4.78 is 31.5. The molecule has 1 aliphatic rings. The topological polar surface area (TPSA) is 74.3 Å². The molecular formula is C21H14ClFN2O3S. The SMILES string of the molecule is N#Cc1cccc(-c2oc(C(=O)N3CCS(=O)C3)cc2-c2cc(F)cc(Cl)c2)c1. The highest BCUT2D eigenvalue weighted by Crippen LogP contribution is 2.37. The lowest BCUT2D eigenvalue weighted by Crippen LogP contribution is -2.27. The molecule has 1 aromatic heterocycles. The van der Waals surface area contributed by atoms with E-state index in [4.69, 9.17) is 16.0 Å². The summed E-state index contributed by atoms with van der Waals surface area (Å²) in [6.45, 7) is 0.381. The van der Waals surface area contributed by atoms with E-state index in [9.17, 15) is 18.7 Å². The van der Waals surface area contributed by atoms with Gasteiger partial charge in [0.15, 0.2) is 5.76 Å². The number of benzene rings is 2. The molecule has 0 aliphatic carbocycles. The predicted octanol–water partition coefficient (Wildman–Crippen LogP) is 4.44. The monoisotopic (exact) mass is 428 g/mol.